The number of anilines is 3. The number of hydrogen-bond donors (Lipinski definition) is 0. The van der Waals surface area contributed by atoms with Crippen molar-refractivity contribution in [3.8, 4) is 33.4 Å². The Morgan fingerprint density at radius 2 is 1.03 bits per heavy atom. The summed E-state index contributed by atoms with van der Waals surface area (Å²) in [5.41, 5.74) is 16.9. The van der Waals surface area contributed by atoms with Crippen molar-refractivity contribution < 1.29 is 0 Å². The smallest absolute Gasteiger partial charge is 0.0735 e. The molecule has 0 fully saturated rings. The molecule has 0 unspecified atom stereocenters. The van der Waals surface area contributed by atoms with E-state index in [-0.39, 0.29) is 0 Å². The van der Waals surface area contributed by atoms with Crippen molar-refractivity contribution in [2.24, 2.45) is 0 Å². The van der Waals surface area contributed by atoms with E-state index in [1.165, 1.54) is 85.6 Å². The monoisotopic (exact) mass is 821 g/mol. The highest BCUT2D eigenvalue weighted by atomic mass is 35.5. The van der Waals surface area contributed by atoms with E-state index in [2.05, 4.69) is 200 Å². The van der Waals surface area contributed by atoms with Crippen LogP contribution in [0, 0.1) is 6.92 Å². The van der Waals surface area contributed by atoms with E-state index in [9.17, 15) is 0 Å². The fourth-order valence-electron chi connectivity index (χ4n) is 9.93. The highest BCUT2D eigenvalue weighted by Gasteiger charge is 2.50. The molecule has 284 valence electrons. The van der Waals surface area contributed by atoms with E-state index in [0.29, 0.717) is 0 Å². The van der Waals surface area contributed by atoms with Crippen molar-refractivity contribution in [1.82, 2.24) is 0 Å². The number of aryl methyl sites for hydroxylation is 1. The van der Waals surface area contributed by atoms with E-state index in [1.807, 2.05) is 35.2 Å². The van der Waals surface area contributed by atoms with Crippen LogP contribution in [0.2, 0.25) is 5.02 Å². The summed E-state index contributed by atoms with van der Waals surface area (Å²) in [4.78, 5) is 4.94. The average Bonchev–Trinajstić information content (AvgIpc) is 3.80. The number of halogens is 1. The first-order chi connectivity index (χ1) is 29.5. The molecule has 0 N–H and O–H groups in total. The molecule has 0 radical (unpaired) electrons. The van der Waals surface area contributed by atoms with E-state index in [4.69, 9.17) is 11.6 Å². The summed E-state index contributed by atoms with van der Waals surface area (Å²) in [5.74, 6) is 0. The Morgan fingerprint density at radius 3 is 1.72 bits per heavy atom. The van der Waals surface area contributed by atoms with Crippen LogP contribution in [0.5, 0.6) is 0 Å². The number of hydrogen-bond acceptors (Lipinski definition) is 3. The molecule has 2 heterocycles. The summed E-state index contributed by atoms with van der Waals surface area (Å²) < 4.78 is 2.62. The molecular weight excluding hydrogens is 786 g/mol. The molecule has 1 aliphatic carbocycles. The van der Waals surface area contributed by atoms with Gasteiger partial charge in [-0.1, -0.05) is 145 Å². The minimum atomic E-state index is -0.493. The van der Waals surface area contributed by atoms with Gasteiger partial charge >= 0.3 is 0 Å². The molecule has 1 aromatic heterocycles. The van der Waals surface area contributed by atoms with Crippen LogP contribution in [-0.2, 0) is 5.41 Å². The molecule has 0 bridgehead atoms. The van der Waals surface area contributed by atoms with Crippen LogP contribution in [0.1, 0.15) is 27.8 Å². The van der Waals surface area contributed by atoms with Gasteiger partial charge in [-0.05, 0) is 147 Å². The molecule has 0 saturated carbocycles. The molecule has 1 spiro atoms. The Morgan fingerprint density at radius 1 is 0.433 bits per heavy atom. The molecule has 0 atom stereocenters. The number of fused-ring (bicyclic) bond motifs is 12. The zero-order valence-electron chi connectivity index (χ0n) is 32.7. The lowest BCUT2D eigenvalue weighted by atomic mass is 9.66. The number of nitrogens with zero attached hydrogens (tertiary/aromatic N) is 1. The van der Waals surface area contributed by atoms with E-state index >= 15 is 0 Å². The molecule has 2 aliphatic rings. The molecule has 9 aromatic carbocycles. The van der Waals surface area contributed by atoms with Gasteiger partial charge in [0.05, 0.1) is 5.41 Å². The Labute approximate surface area is 363 Å². The van der Waals surface area contributed by atoms with Crippen LogP contribution in [0.15, 0.2) is 210 Å². The first kappa shape index (κ1) is 35.6. The maximum absolute atomic E-state index is 6.46. The number of benzene rings is 9. The molecule has 10 aromatic rings. The third-order valence-corrected chi connectivity index (χ3v) is 14.9. The fourth-order valence-corrected chi connectivity index (χ4v) is 12.6. The van der Waals surface area contributed by atoms with Crippen molar-refractivity contribution in [2.75, 3.05) is 4.90 Å². The van der Waals surface area contributed by atoms with Crippen LogP contribution < -0.4 is 4.90 Å². The largest absolute Gasteiger partial charge is 0.311 e. The zero-order valence-corrected chi connectivity index (χ0v) is 35.1. The van der Waals surface area contributed by atoms with Gasteiger partial charge in [-0.3, -0.25) is 0 Å². The quantitative estimate of drug-likeness (QED) is 0.170. The summed E-state index contributed by atoms with van der Waals surface area (Å²) in [6, 6.07) is 73.6. The highest BCUT2D eigenvalue weighted by Crippen LogP contribution is 2.63. The van der Waals surface area contributed by atoms with Gasteiger partial charge in [0.15, 0.2) is 0 Å². The Balaban J connectivity index is 1.05. The average molecular weight is 822 g/mol. The van der Waals surface area contributed by atoms with Crippen molar-refractivity contribution in [1.29, 1.82) is 0 Å². The number of thiophene rings is 1. The summed E-state index contributed by atoms with van der Waals surface area (Å²) in [7, 11) is 0. The SMILES string of the molecule is Cc1cc(-c2cccc(Cl)c2)cc2sc3cc4c(cc3c12)C1(c2cc(-c3ccc(N(c5ccccc5)c5ccccc5)cc3)ccc2S4)c2ccccc2-c2ccccc21. The normalized spacial score (nSPS) is 13.2. The molecule has 12 rings (SSSR count). The van der Waals surface area contributed by atoms with Gasteiger partial charge in [-0.25, -0.2) is 0 Å². The lowest BCUT2D eigenvalue weighted by Crippen LogP contribution is -2.32. The van der Waals surface area contributed by atoms with Crippen molar-refractivity contribution in [2.45, 2.75) is 22.1 Å². The second kappa shape index (κ2) is 13.9. The van der Waals surface area contributed by atoms with E-state index in [1.54, 1.807) is 0 Å². The minimum Gasteiger partial charge on any atom is -0.311 e. The van der Waals surface area contributed by atoms with Crippen molar-refractivity contribution >= 4 is 71.9 Å². The van der Waals surface area contributed by atoms with Gasteiger partial charge in [0, 0.05) is 52.0 Å². The van der Waals surface area contributed by atoms with Crippen LogP contribution in [0.3, 0.4) is 0 Å². The van der Waals surface area contributed by atoms with Gasteiger partial charge in [0.2, 0.25) is 0 Å². The lowest BCUT2D eigenvalue weighted by Gasteiger charge is -2.40. The topological polar surface area (TPSA) is 3.24 Å². The standard InChI is InChI=1S/C56H36ClNS2/c1-35-29-39(37-13-12-14-40(57)30-37)32-54-55(35)46-33-50-53(34-52(46)60-54)59-51-28-25-38(31-49(51)56(50)47-21-10-8-19-44(47)45-20-9-11-22-48(45)56)36-23-26-43(27-24-36)58(41-15-4-2-5-16-41)42-17-6-3-7-18-42/h2-34H,1H3. The van der Waals surface area contributed by atoms with E-state index in [0.717, 1.165) is 27.6 Å². The predicted molar refractivity (Wildman–Crippen MR) is 256 cm³/mol. The Bertz CT molecular complexity index is 3230. The highest BCUT2D eigenvalue weighted by molar-refractivity contribution is 7.99. The summed E-state index contributed by atoms with van der Waals surface area (Å²) in [6.07, 6.45) is 0. The molecule has 0 saturated heterocycles. The number of rotatable bonds is 5. The first-order valence-corrected chi connectivity index (χ1v) is 22.4. The second-order valence-corrected chi connectivity index (χ2v) is 18.4. The van der Waals surface area contributed by atoms with Gasteiger partial charge in [-0.2, -0.15) is 0 Å². The van der Waals surface area contributed by atoms with Gasteiger partial charge in [-0.15, -0.1) is 11.3 Å². The van der Waals surface area contributed by atoms with Crippen LogP contribution >= 0.6 is 34.7 Å². The summed E-state index contributed by atoms with van der Waals surface area (Å²) >= 11 is 10.3. The van der Waals surface area contributed by atoms with Gasteiger partial charge < -0.3 is 4.90 Å². The fraction of sp³-hybridized carbons (Fsp3) is 0.0357. The predicted octanol–water partition coefficient (Wildman–Crippen LogP) is 16.6. The molecule has 60 heavy (non-hydrogen) atoms. The molecule has 1 aliphatic heterocycles. The molecular formula is C56H36ClNS2. The Hall–Kier alpha value is -6.36. The maximum Gasteiger partial charge on any atom is 0.0735 e. The van der Waals surface area contributed by atoms with Crippen LogP contribution in [0.25, 0.3) is 53.6 Å². The molecule has 4 heteroatoms. The summed E-state index contributed by atoms with van der Waals surface area (Å²) in [6.45, 7) is 2.26. The lowest BCUT2D eigenvalue weighted by molar-refractivity contribution is 0.725. The van der Waals surface area contributed by atoms with Crippen LogP contribution in [0.4, 0.5) is 17.1 Å². The van der Waals surface area contributed by atoms with E-state index < -0.39 is 5.41 Å². The molecule has 1 nitrogen and oxygen atoms in total. The zero-order chi connectivity index (χ0) is 40.0. The summed E-state index contributed by atoms with van der Waals surface area (Å²) in [5, 5.41) is 3.41. The first-order valence-electron chi connectivity index (χ1n) is 20.3. The second-order valence-electron chi connectivity index (χ2n) is 15.8. The van der Waals surface area contributed by atoms with Crippen molar-refractivity contribution in [3.63, 3.8) is 0 Å². The number of para-hydroxylation sites is 2. The Kier molecular flexibility index (Phi) is 8.22. The van der Waals surface area contributed by atoms with Gasteiger partial charge in [0.25, 0.3) is 0 Å². The van der Waals surface area contributed by atoms with Gasteiger partial charge in [0.1, 0.15) is 0 Å². The third kappa shape index (κ3) is 5.40. The maximum atomic E-state index is 6.46. The minimum absolute atomic E-state index is 0.493. The molecule has 0 amide bonds. The van der Waals surface area contributed by atoms with Crippen LogP contribution in [-0.4, -0.2) is 0 Å². The van der Waals surface area contributed by atoms with Crippen molar-refractivity contribution in [3.05, 3.63) is 233 Å². The third-order valence-electron chi connectivity index (χ3n) is 12.5.